The second kappa shape index (κ2) is 10.7. The molecular weight excluding hydrogens is 338 g/mol. The van der Waals surface area contributed by atoms with E-state index in [0.29, 0.717) is 18.9 Å². The maximum atomic E-state index is 12.5. The van der Waals surface area contributed by atoms with Crippen molar-refractivity contribution >= 4 is 5.91 Å². The lowest BCUT2D eigenvalue weighted by Gasteiger charge is -2.35. The summed E-state index contributed by atoms with van der Waals surface area (Å²) >= 11 is 0. The Labute approximate surface area is 163 Å². The molecule has 150 valence electrons. The van der Waals surface area contributed by atoms with Crippen LogP contribution in [0.1, 0.15) is 56.6 Å². The van der Waals surface area contributed by atoms with Gasteiger partial charge < -0.3 is 15.4 Å². The van der Waals surface area contributed by atoms with Gasteiger partial charge in [0.15, 0.2) is 0 Å². The van der Waals surface area contributed by atoms with E-state index in [2.05, 4.69) is 27.7 Å². The molecule has 1 atom stereocenters. The van der Waals surface area contributed by atoms with E-state index in [9.17, 15) is 4.79 Å². The van der Waals surface area contributed by atoms with Crippen molar-refractivity contribution in [3.8, 4) is 5.75 Å². The van der Waals surface area contributed by atoms with E-state index in [-0.39, 0.29) is 11.9 Å². The Hall–Kier alpha value is -1.59. The standard InChI is InChI=1S/C22H35N3O2/c1-27-21-8-4-3-7-19(21)20(25-15-5-2-6-16-25)17-24-22(26)10-9-18-11-13-23-14-12-18/h3-4,7-8,18,20,23H,2,5-6,9-17H2,1H3,(H,24,26). The molecule has 2 heterocycles. The zero-order valence-corrected chi connectivity index (χ0v) is 16.7. The molecule has 0 saturated carbocycles. The zero-order chi connectivity index (χ0) is 18.9. The number of carbonyl (C=O) groups excluding carboxylic acids is 1. The first-order chi connectivity index (χ1) is 13.3. The summed E-state index contributed by atoms with van der Waals surface area (Å²) in [5.74, 6) is 1.80. The summed E-state index contributed by atoms with van der Waals surface area (Å²) in [5.41, 5.74) is 1.18. The third-order valence-electron chi connectivity index (χ3n) is 6.06. The van der Waals surface area contributed by atoms with E-state index in [1.165, 1.54) is 37.7 Å². The summed E-state index contributed by atoms with van der Waals surface area (Å²) < 4.78 is 5.61. The van der Waals surface area contributed by atoms with Gasteiger partial charge in [0.2, 0.25) is 5.91 Å². The summed E-state index contributed by atoms with van der Waals surface area (Å²) in [6, 6.07) is 8.41. The van der Waals surface area contributed by atoms with Gasteiger partial charge in [0.25, 0.3) is 0 Å². The Morgan fingerprint density at radius 3 is 2.70 bits per heavy atom. The Morgan fingerprint density at radius 2 is 1.96 bits per heavy atom. The predicted octanol–water partition coefficient (Wildman–Crippen LogP) is 3.12. The van der Waals surface area contributed by atoms with Crippen molar-refractivity contribution in [1.82, 2.24) is 15.5 Å². The largest absolute Gasteiger partial charge is 0.496 e. The Morgan fingerprint density at radius 1 is 1.22 bits per heavy atom. The highest BCUT2D eigenvalue weighted by Crippen LogP contribution is 2.31. The van der Waals surface area contributed by atoms with Crippen LogP contribution < -0.4 is 15.4 Å². The number of likely N-dealkylation sites (tertiary alicyclic amines) is 1. The van der Waals surface area contributed by atoms with E-state index in [1.807, 2.05) is 12.1 Å². The van der Waals surface area contributed by atoms with Crippen LogP contribution in [0, 0.1) is 5.92 Å². The molecule has 27 heavy (non-hydrogen) atoms. The quantitative estimate of drug-likeness (QED) is 0.735. The maximum Gasteiger partial charge on any atom is 0.220 e. The number of nitrogens with one attached hydrogen (secondary N) is 2. The van der Waals surface area contributed by atoms with Crippen LogP contribution in [-0.4, -0.2) is 50.6 Å². The third-order valence-corrected chi connectivity index (χ3v) is 6.06. The number of rotatable bonds is 8. The average molecular weight is 374 g/mol. The van der Waals surface area contributed by atoms with E-state index in [4.69, 9.17) is 4.74 Å². The molecule has 1 aromatic carbocycles. The van der Waals surface area contributed by atoms with Crippen molar-refractivity contribution in [1.29, 1.82) is 0 Å². The summed E-state index contributed by atoms with van der Waals surface area (Å²) in [6.07, 6.45) is 7.82. The van der Waals surface area contributed by atoms with Gasteiger partial charge in [0.05, 0.1) is 13.2 Å². The highest BCUT2D eigenvalue weighted by atomic mass is 16.5. The second-order valence-corrected chi connectivity index (χ2v) is 7.89. The molecular formula is C22H35N3O2. The number of nitrogens with zero attached hydrogens (tertiary/aromatic N) is 1. The molecule has 2 N–H and O–H groups in total. The average Bonchev–Trinajstić information content (AvgIpc) is 2.74. The molecule has 2 saturated heterocycles. The number of ether oxygens (including phenoxy) is 1. The van der Waals surface area contributed by atoms with Crippen LogP contribution >= 0.6 is 0 Å². The molecule has 2 fully saturated rings. The van der Waals surface area contributed by atoms with Crippen molar-refractivity contribution in [2.75, 3.05) is 39.8 Å². The number of amides is 1. The number of carbonyl (C=O) groups is 1. The number of methoxy groups -OCH3 is 1. The molecule has 1 unspecified atom stereocenters. The van der Waals surface area contributed by atoms with Crippen LogP contribution in [-0.2, 0) is 4.79 Å². The van der Waals surface area contributed by atoms with E-state index in [1.54, 1.807) is 7.11 Å². The lowest BCUT2D eigenvalue weighted by molar-refractivity contribution is -0.121. The minimum Gasteiger partial charge on any atom is -0.496 e. The van der Waals surface area contributed by atoms with Crippen LogP contribution in [0.25, 0.3) is 0 Å². The fourth-order valence-corrected chi connectivity index (χ4v) is 4.41. The van der Waals surface area contributed by atoms with Gasteiger partial charge in [-0.2, -0.15) is 0 Å². The smallest absolute Gasteiger partial charge is 0.220 e. The molecule has 2 aliphatic rings. The summed E-state index contributed by atoms with van der Waals surface area (Å²) in [6.45, 7) is 5.03. The number of hydrogen-bond donors (Lipinski definition) is 2. The van der Waals surface area contributed by atoms with Gasteiger partial charge in [-0.25, -0.2) is 0 Å². The van der Waals surface area contributed by atoms with Crippen molar-refractivity contribution in [2.24, 2.45) is 5.92 Å². The number of hydrogen-bond acceptors (Lipinski definition) is 4. The number of para-hydroxylation sites is 1. The van der Waals surface area contributed by atoms with Crippen LogP contribution in [0.3, 0.4) is 0 Å². The van der Waals surface area contributed by atoms with Crippen LogP contribution in [0.5, 0.6) is 5.75 Å². The van der Waals surface area contributed by atoms with Crippen molar-refractivity contribution in [3.05, 3.63) is 29.8 Å². The lowest BCUT2D eigenvalue weighted by Crippen LogP contribution is -2.41. The van der Waals surface area contributed by atoms with Crippen molar-refractivity contribution in [2.45, 2.75) is 51.0 Å². The summed E-state index contributed by atoms with van der Waals surface area (Å²) in [5, 5.41) is 6.61. The SMILES string of the molecule is COc1ccccc1C(CNC(=O)CCC1CCNCC1)N1CCCCC1. The molecule has 2 aliphatic heterocycles. The molecule has 0 radical (unpaired) electrons. The molecule has 1 aromatic rings. The normalized spacial score (nSPS) is 20.2. The second-order valence-electron chi connectivity index (χ2n) is 7.89. The predicted molar refractivity (Wildman–Crippen MR) is 109 cm³/mol. The van der Waals surface area contributed by atoms with Crippen molar-refractivity contribution < 1.29 is 9.53 Å². The van der Waals surface area contributed by atoms with Gasteiger partial charge in [-0.3, -0.25) is 9.69 Å². The fraction of sp³-hybridized carbons (Fsp3) is 0.682. The number of benzene rings is 1. The third kappa shape index (κ3) is 5.94. The van der Waals surface area contributed by atoms with Gasteiger partial charge in [0.1, 0.15) is 5.75 Å². The first-order valence-electron chi connectivity index (χ1n) is 10.6. The monoisotopic (exact) mass is 373 g/mol. The summed E-state index contributed by atoms with van der Waals surface area (Å²) in [4.78, 5) is 15.0. The minimum atomic E-state index is 0.185. The first kappa shape index (κ1) is 20.2. The number of piperidine rings is 2. The van der Waals surface area contributed by atoms with Gasteiger partial charge in [0, 0.05) is 18.5 Å². The van der Waals surface area contributed by atoms with Gasteiger partial charge in [-0.05, 0) is 70.3 Å². The van der Waals surface area contributed by atoms with Crippen LogP contribution in [0.2, 0.25) is 0 Å². The zero-order valence-electron chi connectivity index (χ0n) is 16.7. The van der Waals surface area contributed by atoms with Crippen LogP contribution in [0.4, 0.5) is 0 Å². The van der Waals surface area contributed by atoms with Crippen LogP contribution in [0.15, 0.2) is 24.3 Å². The minimum absolute atomic E-state index is 0.185. The highest BCUT2D eigenvalue weighted by molar-refractivity contribution is 5.75. The van der Waals surface area contributed by atoms with Gasteiger partial charge in [-0.15, -0.1) is 0 Å². The van der Waals surface area contributed by atoms with Gasteiger partial charge >= 0.3 is 0 Å². The van der Waals surface area contributed by atoms with E-state index < -0.39 is 0 Å². The molecule has 0 aromatic heterocycles. The Bertz CT molecular complexity index is 581. The lowest BCUT2D eigenvalue weighted by atomic mass is 9.93. The van der Waals surface area contributed by atoms with E-state index >= 15 is 0 Å². The molecule has 1 amide bonds. The van der Waals surface area contributed by atoms with E-state index in [0.717, 1.165) is 38.3 Å². The molecule has 5 nitrogen and oxygen atoms in total. The Kier molecular flexibility index (Phi) is 7.96. The van der Waals surface area contributed by atoms with Crippen molar-refractivity contribution in [3.63, 3.8) is 0 Å². The molecule has 5 heteroatoms. The molecule has 3 rings (SSSR count). The topological polar surface area (TPSA) is 53.6 Å². The van der Waals surface area contributed by atoms with Gasteiger partial charge in [-0.1, -0.05) is 24.6 Å². The fourth-order valence-electron chi connectivity index (χ4n) is 4.41. The maximum absolute atomic E-state index is 12.5. The molecule has 0 spiro atoms. The summed E-state index contributed by atoms with van der Waals surface area (Å²) in [7, 11) is 1.73. The Balaban J connectivity index is 1.58. The first-order valence-corrected chi connectivity index (χ1v) is 10.6. The highest BCUT2D eigenvalue weighted by Gasteiger charge is 2.25. The molecule has 0 aliphatic carbocycles. The molecule has 0 bridgehead atoms.